The average Bonchev–Trinajstić information content (AvgIpc) is 3.43. The molecule has 2 aliphatic rings. The topological polar surface area (TPSA) is 55.8 Å². The van der Waals surface area contributed by atoms with Gasteiger partial charge in [0.2, 0.25) is 0 Å². The van der Waals surface area contributed by atoms with Crippen molar-refractivity contribution in [2.75, 3.05) is 7.11 Å². The number of benzene rings is 2. The lowest BCUT2D eigenvalue weighted by molar-refractivity contribution is -0.139. The first kappa shape index (κ1) is 21.9. The highest BCUT2D eigenvalue weighted by Gasteiger charge is 2.60. The second kappa shape index (κ2) is 8.01. The van der Waals surface area contributed by atoms with E-state index >= 15 is 0 Å². The number of hydrogen-bond acceptors (Lipinski definition) is 3. The van der Waals surface area contributed by atoms with Gasteiger partial charge in [0.1, 0.15) is 20.2 Å². The van der Waals surface area contributed by atoms with Crippen LogP contribution < -0.4 is 10.2 Å². The van der Waals surface area contributed by atoms with Crippen LogP contribution in [0.1, 0.15) is 68.4 Å². The first-order valence-electron chi connectivity index (χ1n) is 11.1. The van der Waals surface area contributed by atoms with Crippen molar-refractivity contribution < 1.29 is 19.4 Å². The Morgan fingerprint density at radius 2 is 2.03 bits per heavy atom. The lowest BCUT2D eigenvalue weighted by atomic mass is 9.78. The molecule has 3 atom stereocenters. The Bertz CT molecular complexity index is 993. The first-order chi connectivity index (χ1) is 14.7. The van der Waals surface area contributed by atoms with Crippen molar-refractivity contribution in [2.24, 2.45) is 11.3 Å². The molecular weight excluding hydrogens is 387 g/mol. The maximum absolute atomic E-state index is 11.6. The molecule has 162 valence electrons. The van der Waals surface area contributed by atoms with E-state index in [9.17, 15) is 9.90 Å². The van der Waals surface area contributed by atoms with Crippen molar-refractivity contribution in [3.63, 3.8) is 0 Å². The van der Waals surface area contributed by atoms with Gasteiger partial charge < -0.3 is 14.6 Å². The molecule has 31 heavy (non-hydrogen) atoms. The van der Waals surface area contributed by atoms with Crippen LogP contribution in [-0.2, 0) is 28.0 Å². The van der Waals surface area contributed by atoms with E-state index in [1.807, 2.05) is 18.2 Å². The first-order valence-corrected chi connectivity index (χ1v) is 11.1. The van der Waals surface area contributed by atoms with E-state index < -0.39 is 5.97 Å². The third-order valence-corrected chi connectivity index (χ3v) is 6.92. The molecule has 2 radical (unpaired) electrons. The molecular formula is C26H31BO4. The number of fused-ring (bicyclic) bond motifs is 2. The van der Waals surface area contributed by atoms with Gasteiger partial charge in [-0.25, -0.2) is 0 Å². The zero-order valence-electron chi connectivity index (χ0n) is 18.9. The normalized spacial score (nSPS) is 23.3. The Morgan fingerprint density at radius 3 is 2.68 bits per heavy atom. The van der Waals surface area contributed by atoms with E-state index in [1.54, 1.807) is 7.11 Å². The summed E-state index contributed by atoms with van der Waals surface area (Å²) in [5.74, 6) is -0.154. The molecule has 1 N–H and O–H groups in total. The van der Waals surface area contributed by atoms with Gasteiger partial charge in [-0.2, -0.15) is 0 Å². The van der Waals surface area contributed by atoms with Crippen LogP contribution >= 0.6 is 0 Å². The van der Waals surface area contributed by atoms with Gasteiger partial charge >= 0.3 is 5.97 Å². The molecule has 0 aromatic heterocycles. The molecule has 0 bridgehead atoms. The number of rotatable bonds is 6. The summed E-state index contributed by atoms with van der Waals surface area (Å²) in [6.45, 7) is 6.82. The second-order valence-electron chi connectivity index (χ2n) is 10.2. The van der Waals surface area contributed by atoms with E-state index in [1.165, 1.54) is 11.1 Å². The van der Waals surface area contributed by atoms with Crippen molar-refractivity contribution in [2.45, 2.75) is 64.6 Å². The molecule has 0 saturated heterocycles. The molecule has 0 unspecified atom stereocenters. The molecule has 0 amide bonds. The van der Waals surface area contributed by atoms with Crippen molar-refractivity contribution in [1.82, 2.24) is 0 Å². The summed E-state index contributed by atoms with van der Waals surface area (Å²) >= 11 is 0. The molecule has 0 aliphatic heterocycles. The Hall–Kier alpha value is -2.27. The summed E-state index contributed by atoms with van der Waals surface area (Å²) in [5, 5.41) is 9.54. The number of carboxylic acid groups (broad SMARTS) is 1. The third kappa shape index (κ3) is 4.12. The van der Waals surface area contributed by atoms with Gasteiger partial charge in [-0.15, -0.1) is 0 Å². The number of carbonyl (C=O) groups is 1. The lowest BCUT2D eigenvalue weighted by Crippen LogP contribution is -2.26. The van der Waals surface area contributed by atoms with E-state index in [0.717, 1.165) is 48.0 Å². The summed E-state index contributed by atoms with van der Waals surface area (Å²) in [7, 11) is 7.96. The molecule has 2 aromatic carbocycles. The fourth-order valence-corrected chi connectivity index (χ4v) is 5.31. The van der Waals surface area contributed by atoms with Crippen LogP contribution in [0.15, 0.2) is 36.4 Å². The third-order valence-electron chi connectivity index (χ3n) is 6.92. The predicted molar refractivity (Wildman–Crippen MR) is 122 cm³/mol. The minimum atomic E-state index is -0.680. The quantitative estimate of drug-likeness (QED) is 0.704. The van der Waals surface area contributed by atoms with Crippen LogP contribution in [0.5, 0.6) is 5.75 Å². The summed E-state index contributed by atoms with van der Waals surface area (Å²) in [4.78, 5) is 11.6. The highest BCUT2D eigenvalue weighted by molar-refractivity contribution is 6.33. The Morgan fingerprint density at radius 1 is 1.26 bits per heavy atom. The van der Waals surface area contributed by atoms with E-state index in [2.05, 4.69) is 39.0 Å². The molecule has 2 aromatic rings. The van der Waals surface area contributed by atoms with Crippen LogP contribution in [-0.4, -0.2) is 26.0 Å². The summed E-state index contributed by atoms with van der Waals surface area (Å²) in [6.07, 6.45) is 3.65. The molecule has 1 fully saturated rings. The van der Waals surface area contributed by atoms with Gasteiger partial charge in [-0.1, -0.05) is 50.5 Å². The van der Waals surface area contributed by atoms with Gasteiger partial charge in [-0.3, -0.25) is 4.79 Å². The van der Waals surface area contributed by atoms with Crippen LogP contribution in [0, 0.1) is 11.3 Å². The lowest BCUT2D eigenvalue weighted by Gasteiger charge is -2.31. The van der Waals surface area contributed by atoms with Crippen molar-refractivity contribution in [3.8, 4) is 5.75 Å². The van der Waals surface area contributed by atoms with Gasteiger partial charge in [0.05, 0.1) is 12.0 Å². The number of ether oxygens (including phenoxy) is 2. The SMILES string of the molecule is [B]c1ccc(COc2ccc3c(c2)[C@]2(CCC3)C[C@H]2C(=O)O)cc1[C@@H](OC)C(C)(C)C. The smallest absolute Gasteiger partial charge is 0.307 e. The van der Waals surface area contributed by atoms with Crippen molar-refractivity contribution in [1.29, 1.82) is 0 Å². The number of aliphatic carboxylic acids is 1. The van der Waals surface area contributed by atoms with E-state index in [0.29, 0.717) is 6.61 Å². The molecule has 0 heterocycles. The monoisotopic (exact) mass is 418 g/mol. The number of hydrogen-bond donors (Lipinski definition) is 1. The maximum atomic E-state index is 11.6. The standard InChI is InChI=1S/C26H31BO4/c1-25(2,3)23(30-4)19-12-16(7-10-22(19)27)15-31-18-9-8-17-6-5-11-26(20(17)13-18)14-21(26)24(28)29/h7-10,12-13,21,23H,5-6,11,14-15H2,1-4H3,(H,28,29)/t21-,23+,26-/m0/s1. The zero-order valence-corrected chi connectivity index (χ0v) is 18.9. The molecule has 2 aliphatic carbocycles. The maximum Gasteiger partial charge on any atom is 0.307 e. The zero-order chi connectivity index (χ0) is 22.4. The van der Waals surface area contributed by atoms with E-state index in [-0.39, 0.29) is 22.9 Å². The van der Waals surface area contributed by atoms with Crippen LogP contribution in [0.25, 0.3) is 0 Å². The fraction of sp³-hybridized carbons (Fsp3) is 0.500. The highest BCUT2D eigenvalue weighted by Crippen LogP contribution is 2.60. The minimum Gasteiger partial charge on any atom is -0.489 e. The van der Waals surface area contributed by atoms with Gasteiger partial charge in [0.25, 0.3) is 0 Å². The minimum absolute atomic E-state index is 0.0832. The van der Waals surface area contributed by atoms with Crippen molar-refractivity contribution >= 4 is 19.3 Å². The van der Waals surface area contributed by atoms with Crippen LogP contribution in [0.2, 0.25) is 0 Å². The van der Waals surface area contributed by atoms with Gasteiger partial charge in [0, 0.05) is 12.5 Å². The van der Waals surface area contributed by atoms with E-state index in [4.69, 9.17) is 17.3 Å². The molecule has 1 saturated carbocycles. The van der Waals surface area contributed by atoms with Crippen molar-refractivity contribution in [3.05, 3.63) is 58.7 Å². The summed E-state index contributed by atoms with van der Waals surface area (Å²) < 4.78 is 11.9. The molecule has 1 spiro atoms. The Labute approximate surface area is 186 Å². The number of methoxy groups -OCH3 is 1. The fourth-order valence-electron chi connectivity index (χ4n) is 5.31. The van der Waals surface area contributed by atoms with Crippen LogP contribution in [0.4, 0.5) is 0 Å². The summed E-state index contributed by atoms with van der Waals surface area (Å²) in [6, 6.07) is 12.1. The Kier molecular flexibility index (Phi) is 5.67. The molecule has 4 rings (SSSR count). The summed E-state index contributed by atoms with van der Waals surface area (Å²) in [5.41, 5.74) is 4.89. The van der Waals surface area contributed by atoms with Crippen LogP contribution in [0.3, 0.4) is 0 Å². The van der Waals surface area contributed by atoms with Gasteiger partial charge in [0.15, 0.2) is 0 Å². The number of carboxylic acids is 1. The number of aryl methyl sites for hydroxylation is 1. The van der Waals surface area contributed by atoms with Gasteiger partial charge in [-0.05, 0) is 65.5 Å². The predicted octanol–water partition coefficient (Wildman–Crippen LogP) is 4.47. The molecule has 4 nitrogen and oxygen atoms in total. The second-order valence-corrected chi connectivity index (χ2v) is 10.2. The largest absolute Gasteiger partial charge is 0.489 e. The highest BCUT2D eigenvalue weighted by atomic mass is 16.5. The Balaban J connectivity index is 1.54. The average molecular weight is 418 g/mol. The molecule has 5 heteroatoms.